The number of hydrogen-bond donors (Lipinski definition) is 3. The Morgan fingerprint density at radius 1 is 1.16 bits per heavy atom. The molecular formula is C26H36N6O5. The van der Waals surface area contributed by atoms with E-state index in [0.29, 0.717) is 36.7 Å². The van der Waals surface area contributed by atoms with E-state index in [1.165, 1.54) is 4.90 Å². The van der Waals surface area contributed by atoms with Crippen molar-refractivity contribution in [2.45, 2.75) is 58.6 Å². The number of nitrogens with zero attached hydrogens (tertiary/aromatic N) is 4. The van der Waals surface area contributed by atoms with Crippen LogP contribution in [0.4, 0.5) is 4.79 Å². The number of amides is 2. The van der Waals surface area contributed by atoms with E-state index in [1.807, 2.05) is 30.3 Å². The van der Waals surface area contributed by atoms with Crippen LogP contribution in [-0.4, -0.2) is 67.9 Å². The Morgan fingerprint density at radius 3 is 2.59 bits per heavy atom. The highest BCUT2D eigenvalue weighted by atomic mass is 16.6. The first-order valence-electron chi connectivity index (χ1n) is 11.9. The van der Waals surface area contributed by atoms with Crippen molar-refractivity contribution in [3.05, 3.63) is 65.6 Å². The highest BCUT2D eigenvalue weighted by Crippen LogP contribution is 2.19. The van der Waals surface area contributed by atoms with E-state index < -0.39 is 23.8 Å². The molecule has 4 N–H and O–H groups in total. The van der Waals surface area contributed by atoms with Crippen molar-refractivity contribution in [1.82, 2.24) is 24.8 Å². The Kier molecular flexibility index (Phi) is 9.19. The summed E-state index contributed by atoms with van der Waals surface area (Å²) in [6.07, 6.45) is -0.501. The summed E-state index contributed by atoms with van der Waals surface area (Å²) in [6, 6.07) is 14.4. The molecular weight excluding hydrogens is 476 g/mol. The van der Waals surface area contributed by atoms with Crippen molar-refractivity contribution in [3.8, 4) is 0 Å². The van der Waals surface area contributed by atoms with Crippen molar-refractivity contribution in [2.24, 2.45) is 5.73 Å². The van der Waals surface area contributed by atoms with Crippen LogP contribution in [0.3, 0.4) is 0 Å². The van der Waals surface area contributed by atoms with E-state index in [9.17, 15) is 14.7 Å². The molecule has 3 aromatic rings. The third-order valence-corrected chi connectivity index (χ3v) is 5.90. The number of likely N-dealkylation sites (tertiary alicyclic amines) is 1. The minimum atomic E-state index is -1.11. The zero-order valence-corrected chi connectivity index (χ0v) is 20.5. The van der Waals surface area contributed by atoms with Gasteiger partial charge in [-0.15, -0.1) is 10.2 Å². The lowest BCUT2D eigenvalue weighted by molar-refractivity contribution is -0.126. The average Bonchev–Trinajstić information content (AvgIpc) is 3.48. The number of carbonyl (C=O) groups excluding carboxylic acids is 2. The molecule has 0 bridgehead atoms. The molecule has 1 fully saturated rings. The molecule has 0 unspecified atom stereocenters. The lowest BCUT2D eigenvalue weighted by Gasteiger charge is -2.24. The van der Waals surface area contributed by atoms with Crippen molar-refractivity contribution < 1.29 is 24.2 Å². The number of aliphatic hydroxyl groups excluding tert-OH is 1. The molecule has 0 radical (unpaired) electrons. The number of nitrogens with two attached hydrogens (primary N) is 1. The quantitative estimate of drug-likeness (QED) is 0.396. The Balaban J connectivity index is 0.00000380. The van der Waals surface area contributed by atoms with E-state index in [-0.39, 0.29) is 33.1 Å². The van der Waals surface area contributed by atoms with E-state index in [4.69, 9.17) is 15.2 Å². The molecule has 1 saturated heterocycles. The predicted molar refractivity (Wildman–Crippen MR) is 137 cm³/mol. The van der Waals surface area contributed by atoms with Crippen LogP contribution in [0.15, 0.2) is 48.5 Å². The highest BCUT2D eigenvalue weighted by Gasteiger charge is 2.29. The van der Waals surface area contributed by atoms with Crippen LogP contribution in [0.2, 0.25) is 0 Å². The molecule has 0 aliphatic carbocycles. The molecule has 11 nitrogen and oxygen atoms in total. The number of fused-ring (bicyclic) bond motifs is 1. The number of nitrogens with one attached hydrogen (secondary N) is 1. The normalized spacial score (nSPS) is 16.3. The van der Waals surface area contributed by atoms with Gasteiger partial charge in [-0.1, -0.05) is 43.8 Å². The van der Waals surface area contributed by atoms with E-state index in [2.05, 4.69) is 15.5 Å². The van der Waals surface area contributed by atoms with Crippen LogP contribution in [0, 0.1) is 0 Å². The summed E-state index contributed by atoms with van der Waals surface area (Å²) in [5, 5.41) is 21.2. The average molecular weight is 513 g/mol. The summed E-state index contributed by atoms with van der Waals surface area (Å²) in [5.74, 6) is 0.0583. The summed E-state index contributed by atoms with van der Waals surface area (Å²) in [5.41, 5.74) is 7.05. The van der Waals surface area contributed by atoms with E-state index in [1.54, 1.807) is 36.4 Å². The number of hydrogen-bond acceptors (Lipinski definition) is 8. The summed E-state index contributed by atoms with van der Waals surface area (Å²) in [6.45, 7) is 4.37. The van der Waals surface area contributed by atoms with Crippen LogP contribution in [-0.2, 0) is 27.5 Å². The Labute approximate surface area is 216 Å². The third kappa shape index (κ3) is 7.03. The number of ether oxygens (including phenoxy) is 2. The zero-order valence-electron chi connectivity index (χ0n) is 20.5. The van der Waals surface area contributed by atoms with Crippen LogP contribution in [0.5, 0.6) is 0 Å². The Hall–Kier alpha value is -3.54. The van der Waals surface area contributed by atoms with Gasteiger partial charge >= 0.3 is 6.09 Å². The van der Waals surface area contributed by atoms with Gasteiger partial charge < -0.3 is 30.5 Å². The predicted octanol–water partition coefficient (Wildman–Crippen LogP) is 2.18. The lowest BCUT2D eigenvalue weighted by Crippen LogP contribution is -2.51. The lowest BCUT2D eigenvalue weighted by atomic mass is 10.1. The van der Waals surface area contributed by atoms with Gasteiger partial charge in [-0.05, 0) is 38.0 Å². The van der Waals surface area contributed by atoms with Gasteiger partial charge in [-0.3, -0.25) is 9.20 Å². The maximum atomic E-state index is 12.8. The fraction of sp³-hybridized carbons (Fsp3) is 0.462. The van der Waals surface area contributed by atoms with Crippen molar-refractivity contribution in [1.29, 1.82) is 0 Å². The fourth-order valence-corrected chi connectivity index (χ4v) is 3.90. The monoisotopic (exact) mass is 512 g/mol. The number of aliphatic hydroxyl groups is 1. The molecule has 3 heterocycles. The van der Waals surface area contributed by atoms with Crippen LogP contribution < -0.4 is 11.1 Å². The minimum absolute atomic E-state index is 0. The summed E-state index contributed by atoms with van der Waals surface area (Å²) in [4.78, 5) is 26.7. The number of β-amino-alcohol motifs (C(OH)–C–C–N with tert-alkyl or cyclic N) is 1. The van der Waals surface area contributed by atoms with Gasteiger partial charge in [0.1, 0.15) is 12.6 Å². The molecule has 37 heavy (non-hydrogen) atoms. The smallest absolute Gasteiger partial charge is 0.410 e. The molecule has 200 valence electrons. The number of benzene rings is 1. The third-order valence-electron chi connectivity index (χ3n) is 5.90. The second-order valence-electron chi connectivity index (χ2n) is 9.46. The van der Waals surface area contributed by atoms with E-state index >= 15 is 0 Å². The zero-order chi connectivity index (χ0) is 25.7. The number of pyridine rings is 1. The highest BCUT2D eigenvalue weighted by molar-refractivity contribution is 5.85. The molecule has 0 spiro atoms. The minimum Gasteiger partial charge on any atom is -0.443 e. The molecule has 1 aliphatic rings. The maximum absolute atomic E-state index is 12.8. The fourth-order valence-electron chi connectivity index (χ4n) is 3.90. The van der Waals surface area contributed by atoms with Gasteiger partial charge in [0, 0.05) is 13.1 Å². The van der Waals surface area contributed by atoms with Crippen molar-refractivity contribution >= 4 is 17.6 Å². The van der Waals surface area contributed by atoms with Crippen LogP contribution >= 0.6 is 0 Å². The largest absolute Gasteiger partial charge is 0.443 e. The van der Waals surface area contributed by atoms with Gasteiger partial charge in [0.25, 0.3) is 0 Å². The molecule has 11 heteroatoms. The first kappa shape index (κ1) is 28.0. The second-order valence-corrected chi connectivity index (χ2v) is 9.46. The Morgan fingerprint density at radius 2 is 1.92 bits per heavy atom. The van der Waals surface area contributed by atoms with Gasteiger partial charge in [0.05, 0.1) is 30.6 Å². The summed E-state index contributed by atoms with van der Waals surface area (Å²) < 4.78 is 13.2. The summed E-state index contributed by atoms with van der Waals surface area (Å²) >= 11 is 0. The molecule has 2 amide bonds. The topological polar surface area (TPSA) is 144 Å². The standard InChI is InChI=1S/C25H32N6O5.CH4/c1-25(2,26)23(33)27-20(16-35-14-17-7-4-3-5-8-17)22-29-28-21-10-6-9-18(31(21)22)15-36-24(34)30-12-11-19(32)13-30;/h3-10,19-20,32H,11-16,26H2,1-2H3,(H,27,33);1H4/t19-,20+;/m0./s1. The van der Waals surface area contributed by atoms with E-state index in [0.717, 1.165) is 5.56 Å². The number of carbonyl (C=O) groups is 2. The van der Waals surface area contributed by atoms with Crippen molar-refractivity contribution in [3.63, 3.8) is 0 Å². The van der Waals surface area contributed by atoms with Gasteiger partial charge in [0.2, 0.25) is 5.91 Å². The number of aromatic nitrogens is 3. The second kappa shape index (κ2) is 12.1. The van der Waals surface area contributed by atoms with Gasteiger partial charge in [0.15, 0.2) is 11.5 Å². The number of rotatable bonds is 9. The van der Waals surface area contributed by atoms with Crippen LogP contribution in [0.25, 0.3) is 5.65 Å². The first-order valence-corrected chi connectivity index (χ1v) is 11.9. The molecule has 1 aliphatic heterocycles. The molecule has 2 aromatic heterocycles. The summed E-state index contributed by atoms with van der Waals surface area (Å²) in [7, 11) is 0. The molecule has 2 atom stereocenters. The molecule has 0 saturated carbocycles. The SMILES string of the molecule is C.CC(C)(N)C(=O)N[C@H](COCc1ccccc1)c1nnc2cccc(COC(=O)N3CC[C@H](O)C3)n12. The molecule has 4 rings (SSSR count). The van der Waals surface area contributed by atoms with Crippen LogP contribution in [0.1, 0.15) is 50.8 Å². The Bertz CT molecular complexity index is 1190. The first-order chi connectivity index (χ1) is 17.2. The maximum Gasteiger partial charge on any atom is 0.410 e. The van der Waals surface area contributed by atoms with Gasteiger partial charge in [-0.2, -0.15) is 0 Å². The van der Waals surface area contributed by atoms with Crippen molar-refractivity contribution in [2.75, 3.05) is 19.7 Å². The molecule has 1 aromatic carbocycles. The van der Waals surface area contributed by atoms with Gasteiger partial charge in [-0.25, -0.2) is 4.79 Å².